The number of hydrogen-bond donors (Lipinski definition) is 2. The second kappa shape index (κ2) is 4.86. The van der Waals surface area contributed by atoms with E-state index in [-0.39, 0.29) is 6.04 Å². The van der Waals surface area contributed by atoms with Crippen LogP contribution in [0.5, 0.6) is 0 Å². The van der Waals surface area contributed by atoms with E-state index in [0.29, 0.717) is 0 Å². The van der Waals surface area contributed by atoms with Crippen molar-refractivity contribution in [1.82, 2.24) is 10.4 Å². The average molecular weight is 255 g/mol. The minimum absolute atomic E-state index is 0.0286. The number of rotatable bonds is 3. The Morgan fingerprint density at radius 2 is 2.11 bits per heavy atom. The molecule has 0 aliphatic carbocycles. The summed E-state index contributed by atoms with van der Waals surface area (Å²) in [5.74, 6) is 5.68. The Hall–Kier alpha value is -1.75. The molecule has 0 spiro atoms. The topological polar surface area (TPSA) is 50.9 Å². The zero-order valence-electron chi connectivity index (χ0n) is 9.71. The SMILES string of the molecule is NNC(c1ccsc1)c1ccc2ncccc2c1. The minimum atomic E-state index is 0.0286. The zero-order valence-corrected chi connectivity index (χ0v) is 10.5. The van der Waals surface area contributed by atoms with Crippen molar-refractivity contribution in [2.24, 2.45) is 5.84 Å². The van der Waals surface area contributed by atoms with Gasteiger partial charge in [0.25, 0.3) is 0 Å². The van der Waals surface area contributed by atoms with E-state index >= 15 is 0 Å². The number of nitrogens with one attached hydrogen (secondary N) is 1. The monoisotopic (exact) mass is 255 g/mol. The third-order valence-corrected chi connectivity index (χ3v) is 3.71. The van der Waals surface area contributed by atoms with Crippen molar-refractivity contribution >= 4 is 22.2 Å². The Morgan fingerprint density at radius 3 is 2.89 bits per heavy atom. The molecule has 1 unspecified atom stereocenters. The highest BCUT2D eigenvalue weighted by atomic mass is 32.1. The lowest BCUT2D eigenvalue weighted by Crippen LogP contribution is -2.28. The predicted octanol–water partition coefficient (Wildman–Crippen LogP) is 2.85. The Kier molecular flexibility index (Phi) is 3.06. The summed E-state index contributed by atoms with van der Waals surface area (Å²) in [6.45, 7) is 0. The number of nitrogens with two attached hydrogens (primary N) is 1. The fraction of sp³-hybridized carbons (Fsp3) is 0.0714. The van der Waals surface area contributed by atoms with Crippen LogP contribution in [-0.2, 0) is 0 Å². The molecule has 0 aliphatic rings. The molecule has 18 heavy (non-hydrogen) atoms. The van der Waals surface area contributed by atoms with Crippen molar-refractivity contribution in [2.75, 3.05) is 0 Å². The van der Waals surface area contributed by atoms with Crippen molar-refractivity contribution < 1.29 is 0 Å². The van der Waals surface area contributed by atoms with Crippen LogP contribution in [-0.4, -0.2) is 4.98 Å². The molecule has 0 bridgehead atoms. The number of fused-ring (bicyclic) bond motifs is 1. The van der Waals surface area contributed by atoms with Gasteiger partial charge in [-0.15, -0.1) is 0 Å². The van der Waals surface area contributed by atoms with Gasteiger partial charge >= 0.3 is 0 Å². The lowest BCUT2D eigenvalue weighted by molar-refractivity contribution is 0.639. The van der Waals surface area contributed by atoms with Crippen LogP contribution in [0.3, 0.4) is 0 Å². The van der Waals surface area contributed by atoms with E-state index in [1.54, 1.807) is 17.5 Å². The van der Waals surface area contributed by atoms with Crippen LogP contribution >= 0.6 is 11.3 Å². The van der Waals surface area contributed by atoms with E-state index in [1.807, 2.05) is 12.1 Å². The van der Waals surface area contributed by atoms with Gasteiger partial charge in [-0.2, -0.15) is 11.3 Å². The van der Waals surface area contributed by atoms with Gasteiger partial charge in [0.2, 0.25) is 0 Å². The predicted molar refractivity (Wildman–Crippen MR) is 75.2 cm³/mol. The standard InChI is InChI=1S/C14H13N3S/c15-17-14(12-5-7-18-9-12)11-3-4-13-10(8-11)2-1-6-16-13/h1-9,14,17H,15H2. The molecule has 0 aliphatic heterocycles. The summed E-state index contributed by atoms with van der Waals surface area (Å²) in [4.78, 5) is 4.32. The molecule has 1 aromatic carbocycles. The van der Waals surface area contributed by atoms with E-state index in [4.69, 9.17) is 5.84 Å². The molecule has 1 atom stereocenters. The number of pyridine rings is 1. The molecule has 0 fully saturated rings. The van der Waals surface area contributed by atoms with Gasteiger partial charge < -0.3 is 0 Å². The molecule has 3 N–H and O–H groups in total. The van der Waals surface area contributed by atoms with Gasteiger partial charge in [-0.3, -0.25) is 10.8 Å². The highest BCUT2D eigenvalue weighted by molar-refractivity contribution is 7.08. The number of benzene rings is 1. The lowest BCUT2D eigenvalue weighted by Gasteiger charge is -2.15. The van der Waals surface area contributed by atoms with E-state index < -0.39 is 0 Å². The Bertz CT molecular complexity index is 649. The molecule has 90 valence electrons. The van der Waals surface area contributed by atoms with Crippen LogP contribution in [0.25, 0.3) is 10.9 Å². The molecule has 0 amide bonds. The van der Waals surface area contributed by atoms with Gasteiger partial charge in [-0.1, -0.05) is 12.1 Å². The Labute approximate surface area is 109 Å². The maximum Gasteiger partial charge on any atom is 0.0718 e. The van der Waals surface area contributed by atoms with E-state index in [0.717, 1.165) is 16.5 Å². The van der Waals surface area contributed by atoms with Gasteiger partial charge in [0.15, 0.2) is 0 Å². The summed E-state index contributed by atoms with van der Waals surface area (Å²) < 4.78 is 0. The van der Waals surface area contributed by atoms with Crippen molar-refractivity contribution in [3.05, 3.63) is 64.5 Å². The fourth-order valence-corrected chi connectivity index (χ4v) is 2.78. The number of nitrogens with zero attached hydrogens (tertiary/aromatic N) is 1. The minimum Gasteiger partial charge on any atom is -0.271 e. The quantitative estimate of drug-likeness (QED) is 0.559. The molecule has 0 saturated heterocycles. The Morgan fingerprint density at radius 1 is 1.17 bits per heavy atom. The summed E-state index contributed by atoms with van der Waals surface area (Å²) >= 11 is 1.67. The summed E-state index contributed by atoms with van der Waals surface area (Å²) in [6, 6.07) is 12.3. The first kappa shape index (κ1) is 11.3. The molecule has 2 aromatic heterocycles. The van der Waals surface area contributed by atoms with Crippen LogP contribution in [0.1, 0.15) is 17.2 Å². The highest BCUT2D eigenvalue weighted by Gasteiger charge is 2.12. The molecule has 3 aromatic rings. The number of hydrazine groups is 1. The summed E-state index contributed by atoms with van der Waals surface area (Å²) in [6.07, 6.45) is 1.81. The lowest BCUT2D eigenvalue weighted by atomic mass is 10.0. The number of hydrogen-bond acceptors (Lipinski definition) is 4. The highest BCUT2D eigenvalue weighted by Crippen LogP contribution is 2.25. The maximum absolute atomic E-state index is 5.68. The average Bonchev–Trinajstić information content (AvgIpc) is 2.93. The molecule has 3 nitrogen and oxygen atoms in total. The van der Waals surface area contributed by atoms with Crippen molar-refractivity contribution in [3.63, 3.8) is 0 Å². The van der Waals surface area contributed by atoms with Gasteiger partial charge in [-0.25, -0.2) is 5.43 Å². The van der Waals surface area contributed by atoms with Gasteiger partial charge in [0.1, 0.15) is 0 Å². The summed E-state index contributed by atoms with van der Waals surface area (Å²) in [7, 11) is 0. The first-order valence-corrected chi connectivity index (χ1v) is 6.65. The molecular formula is C14H13N3S. The molecule has 2 heterocycles. The first-order chi connectivity index (χ1) is 8.88. The Balaban J connectivity index is 2.07. The largest absolute Gasteiger partial charge is 0.271 e. The molecule has 0 radical (unpaired) electrons. The van der Waals surface area contributed by atoms with Crippen molar-refractivity contribution in [3.8, 4) is 0 Å². The number of aromatic nitrogens is 1. The molecule has 3 rings (SSSR count). The second-order valence-corrected chi connectivity index (χ2v) is 4.89. The molecule has 4 heteroatoms. The maximum atomic E-state index is 5.68. The molecular weight excluding hydrogens is 242 g/mol. The van der Waals surface area contributed by atoms with Crippen LogP contribution in [0, 0.1) is 0 Å². The van der Waals surface area contributed by atoms with Crippen LogP contribution < -0.4 is 11.3 Å². The second-order valence-electron chi connectivity index (χ2n) is 4.11. The van der Waals surface area contributed by atoms with Gasteiger partial charge in [0.05, 0.1) is 11.6 Å². The van der Waals surface area contributed by atoms with E-state index in [2.05, 4.69) is 45.4 Å². The van der Waals surface area contributed by atoms with Gasteiger partial charge in [0, 0.05) is 11.6 Å². The number of thiophene rings is 1. The third kappa shape index (κ3) is 2.01. The zero-order chi connectivity index (χ0) is 12.4. The van der Waals surface area contributed by atoms with Crippen molar-refractivity contribution in [2.45, 2.75) is 6.04 Å². The van der Waals surface area contributed by atoms with Crippen LogP contribution in [0.15, 0.2) is 53.4 Å². The first-order valence-electron chi connectivity index (χ1n) is 5.71. The third-order valence-electron chi connectivity index (χ3n) is 3.00. The van der Waals surface area contributed by atoms with E-state index in [1.165, 1.54) is 5.56 Å². The molecule has 0 saturated carbocycles. The normalized spacial score (nSPS) is 12.7. The summed E-state index contributed by atoms with van der Waals surface area (Å²) in [5.41, 5.74) is 6.21. The summed E-state index contributed by atoms with van der Waals surface area (Å²) in [5, 5.41) is 5.30. The van der Waals surface area contributed by atoms with Gasteiger partial charge in [-0.05, 0) is 46.2 Å². The van der Waals surface area contributed by atoms with Crippen molar-refractivity contribution in [1.29, 1.82) is 0 Å². The fourth-order valence-electron chi connectivity index (χ4n) is 2.10. The smallest absolute Gasteiger partial charge is 0.0718 e. The van der Waals surface area contributed by atoms with E-state index in [9.17, 15) is 0 Å². The van der Waals surface area contributed by atoms with Crippen LogP contribution in [0.4, 0.5) is 0 Å². The van der Waals surface area contributed by atoms with Crippen LogP contribution in [0.2, 0.25) is 0 Å².